The molecule has 0 aliphatic carbocycles. The van der Waals surface area contributed by atoms with Crippen LogP contribution in [0, 0.1) is 0 Å². The topological polar surface area (TPSA) is 91.7 Å². The molecule has 0 spiro atoms. The third kappa shape index (κ3) is 0.997. The van der Waals surface area contributed by atoms with Crippen LogP contribution in [-0.4, -0.2) is 29.5 Å². The minimum absolute atomic E-state index is 0.231. The lowest BCUT2D eigenvalue weighted by Crippen LogP contribution is -2.10. The van der Waals surface area contributed by atoms with Crippen LogP contribution in [0.4, 0.5) is 0 Å². The summed E-state index contributed by atoms with van der Waals surface area (Å²) in [5.41, 5.74) is 0.682. The zero-order valence-electron chi connectivity index (χ0n) is 7.98. The summed E-state index contributed by atoms with van der Waals surface area (Å²) < 4.78 is 1.53. The molecule has 0 fully saturated rings. The summed E-state index contributed by atoms with van der Waals surface area (Å²) >= 11 is 0. The number of aromatic nitrogens is 6. The average molecular weight is 204 g/mol. The molecule has 0 saturated heterocycles. The number of nitrogens with one attached hydrogen (secondary N) is 2. The third-order valence-electron chi connectivity index (χ3n) is 2.24. The van der Waals surface area contributed by atoms with Crippen LogP contribution < -0.4 is 5.56 Å². The minimum Gasteiger partial charge on any atom is -0.339 e. The number of hydrogen-bond acceptors (Lipinski definition) is 4. The van der Waals surface area contributed by atoms with Gasteiger partial charge in [-0.3, -0.25) is 9.78 Å². The fourth-order valence-corrected chi connectivity index (χ4v) is 1.51. The summed E-state index contributed by atoms with van der Waals surface area (Å²) in [5, 5.41) is 4.23. The highest BCUT2D eigenvalue weighted by molar-refractivity contribution is 5.70. The molecule has 76 valence electrons. The number of H-pyrrole nitrogens is 2. The number of rotatable bonds is 1. The van der Waals surface area contributed by atoms with Crippen molar-refractivity contribution in [3.8, 4) is 0 Å². The Labute approximate surface area is 83.2 Å². The van der Waals surface area contributed by atoms with E-state index in [0.717, 1.165) is 6.42 Å². The molecule has 0 unspecified atom stereocenters. The fourth-order valence-electron chi connectivity index (χ4n) is 1.51. The lowest BCUT2D eigenvalue weighted by Gasteiger charge is -1.90. The fraction of sp³-hybridized carbons (Fsp3) is 0.250. The maximum Gasteiger partial charge on any atom is 0.278 e. The summed E-state index contributed by atoms with van der Waals surface area (Å²) in [7, 11) is 0. The van der Waals surface area contributed by atoms with Gasteiger partial charge in [-0.1, -0.05) is 6.92 Å². The SMILES string of the molecule is CCc1nc2[nH]c(=O)c3[nH]cnc3n2n1. The van der Waals surface area contributed by atoms with Gasteiger partial charge in [-0.25, -0.2) is 4.98 Å². The van der Waals surface area contributed by atoms with Gasteiger partial charge in [0.05, 0.1) is 6.33 Å². The van der Waals surface area contributed by atoms with Crippen molar-refractivity contribution in [3.05, 3.63) is 22.5 Å². The molecular weight excluding hydrogens is 196 g/mol. The molecule has 7 nitrogen and oxygen atoms in total. The predicted octanol–water partition coefficient (Wildman–Crippen LogP) is -0.144. The molecule has 2 N–H and O–H groups in total. The van der Waals surface area contributed by atoms with Crippen molar-refractivity contribution in [2.24, 2.45) is 0 Å². The molecule has 0 bridgehead atoms. The van der Waals surface area contributed by atoms with Crippen LogP contribution in [0.3, 0.4) is 0 Å². The molecule has 15 heavy (non-hydrogen) atoms. The lowest BCUT2D eigenvalue weighted by atomic mass is 10.5. The first-order valence-corrected chi connectivity index (χ1v) is 4.60. The second kappa shape index (κ2) is 2.66. The number of fused-ring (bicyclic) bond motifs is 3. The zero-order valence-corrected chi connectivity index (χ0v) is 7.98. The Balaban J connectivity index is 2.57. The van der Waals surface area contributed by atoms with Crippen molar-refractivity contribution in [1.29, 1.82) is 0 Å². The molecule has 3 aromatic rings. The van der Waals surface area contributed by atoms with E-state index in [1.807, 2.05) is 6.92 Å². The average Bonchev–Trinajstić information content (AvgIpc) is 2.80. The predicted molar refractivity (Wildman–Crippen MR) is 52.6 cm³/mol. The molecule has 0 aliphatic heterocycles. The minimum atomic E-state index is -0.231. The van der Waals surface area contributed by atoms with Gasteiger partial charge < -0.3 is 4.98 Å². The maximum absolute atomic E-state index is 11.5. The molecule has 3 heterocycles. The third-order valence-corrected chi connectivity index (χ3v) is 2.24. The van der Waals surface area contributed by atoms with Gasteiger partial charge in [0.1, 0.15) is 0 Å². The lowest BCUT2D eigenvalue weighted by molar-refractivity contribution is 0.895. The molecular formula is C8H8N6O. The van der Waals surface area contributed by atoms with Crippen molar-refractivity contribution < 1.29 is 0 Å². The second-order valence-corrected chi connectivity index (χ2v) is 3.17. The Morgan fingerprint density at radius 3 is 3.20 bits per heavy atom. The van der Waals surface area contributed by atoms with Gasteiger partial charge in [-0.15, -0.1) is 5.10 Å². The van der Waals surface area contributed by atoms with Crippen LogP contribution in [0.5, 0.6) is 0 Å². The van der Waals surface area contributed by atoms with Crippen molar-refractivity contribution in [2.75, 3.05) is 0 Å². The standard InChI is InChI=1S/C8H8N6O/c1-2-4-11-8-12-7(15)5-6(10-3-9-5)14(8)13-4/h3H,2H2,1H3,(H,9,10)(H,11,12,13,15). The largest absolute Gasteiger partial charge is 0.339 e. The first kappa shape index (κ1) is 8.16. The summed E-state index contributed by atoms with van der Waals surface area (Å²) in [4.78, 5) is 25.1. The highest BCUT2D eigenvalue weighted by Crippen LogP contribution is 2.05. The van der Waals surface area contributed by atoms with E-state index in [9.17, 15) is 4.79 Å². The van der Waals surface area contributed by atoms with Crippen molar-refractivity contribution in [3.63, 3.8) is 0 Å². The highest BCUT2D eigenvalue weighted by atomic mass is 16.1. The van der Waals surface area contributed by atoms with Crippen molar-refractivity contribution in [2.45, 2.75) is 13.3 Å². The van der Waals surface area contributed by atoms with E-state index in [-0.39, 0.29) is 5.56 Å². The Morgan fingerprint density at radius 2 is 2.40 bits per heavy atom. The van der Waals surface area contributed by atoms with Gasteiger partial charge in [0.2, 0.25) is 5.78 Å². The van der Waals surface area contributed by atoms with Gasteiger partial charge in [0, 0.05) is 6.42 Å². The van der Waals surface area contributed by atoms with E-state index in [4.69, 9.17) is 0 Å². The van der Waals surface area contributed by atoms with Gasteiger partial charge in [-0.2, -0.15) is 9.50 Å². The van der Waals surface area contributed by atoms with Crippen LogP contribution in [0.2, 0.25) is 0 Å². The molecule has 3 aromatic heterocycles. The van der Waals surface area contributed by atoms with Crippen LogP contribution >= 0.6 is 0 Å². The zero-order chi connectivity index (χ0) is 10.4. The van der Waals surface area contributed by atoms with Gasteiger partial charge in [0.15, 0.2) is 17.0 Å². The first-order valence-electron chi connectivity index (χ1n) is 4.60. The molecule has 0 saturated carbocycles. The molecule has 7 heteroatoms. The van der Waals surface area contributed by atoms with E-state index in [1.165, 1.54) is 10.8 Å². The van der Waals surface area contributed by atoms with Crippen molar-refractivity contribution >= 4 is 16.9 Å². The molecule has 0 aromatic carbocycles. The smallest absolute Gasteiger partial charge is 0.278 e. The number of imidazole rings is 1. The summed E-state index contributed by atoms with van der Waals surface area (Å²) in [5.74, 6) is 1.11. The van der Waals surface area contributed by atoms with Crippen LogP contribution in [0.15, 0.2) is 11.1 Å². The monoisotopic (exact) mass is 204 g/mol. The molecule has 0 aliphatic rings. The van der Waals surface area contributed by atoms with E-state index in [0.29, 0.717) is 22.8 Å². The number of nitrogens with zero attached hydrogens (tertiary/aromatic N) is 4. The maximum atomic E-state index is 11.5. The van der Waals surface area contributed by atoms with E-state index in [2.05, 4.69) is 25.0 Å². The number of hydrogen-bond donors (Lipinski definition) is 2. The van der Waals surface area contributed by atoms with E-state index in [1.54, 1.807) is 0 Å². The normalized spacial score (nSPS) is 11.5. The molecule has 0 radical (unpaired) electrons. The van der Waals surface area contributed by atoms with Gasteiger partial charge in [-0.05, 0) is 0 Å². The van der Waals surface area contributed by atoms with Crippen LogP contribution in [-0.2, 0) is 6.42 Å². The highest BCUT2D eigenvalue weighted by Gasteiger charge is 2.10. The first-order chi connectivity index (χ1) is 7.29. The van der Waals surface area contributed by atoms with Crippen LogP contribution in [0.25, 0.3) is 16.9 Å². The van der Waals surface area contributed by atoms with E-state index < -0.39 is 0 Å². The van der Waals surface area contributed by atoms with Gasteiger partial charge >= 0.3 is 0 Å². The molecule has 0 atom stereocenters. The Bertz CT molecular complexity index is 690. The Morgan fingerprint density at radius 1 is 1.53 bits per heavy atom. The second-order valence-electron chi connectivity index (χ2n) is 3.17. The summed E-state index contributed by atoms with van der Waals surface area (Å²) in [6.45, 7) is 1.95. The van der Waals surface area contributed by atoms with Crippen molar-refractivity contribution in [1.82, 2.24) is 29.5 Å². The Hall–Kier alpha value is -2.18. The summed E-state index contributed by atoms with van der Waals surface area (Å²) in [6.07, 6.45) is 2.18. The number of aromatic amines is 2. The summed E-state index contributed by atoms with van der Waals surface area (Å²) in [6, 6.07) is 0. The Kier molecular flexibility index (Phi) is 1.44. The molecule has 3 rings (SSSR count). The van der Waals surface area contributed by atoms with Gasteiger partial charge in [0.25, 0.3) is 5.56 Å². The quantitative estimate of drug-likeness (QED) is 0.577. The van der Waals surface area contributed by atoms with Crippen LogP contribution in [0.1, 0.15) is 12.7 Å². The molecule has 0 amide bonds. The number of aryl methyl sites for hydroxylation is 1. The van der Waals surface area contributed by atoms with E-state index >= 15 is 0 Å².